The minimum absolute atomic E-state index is 0.148. The number of hydrogen-bond acceptors (Lipinski definition) is 9. The van der Waals surface area contributed by atoms with Gasteiger partial charge in [-0.2, -0.15) is 0 Å². The van der Waals surface area contributed by atoms with Gasteiger partial charge in [-0.15, -0.1) is 0 Å². The SMILES string of the molecule is CC/C=C/C=C/C=C/CCCCCCCC(=O)OC(COC(=O)CCCCC/C=C/C/C=C/C/C=C/C/C=C/CC)COP(=O)(O)OC[C@@H](O)CO. The fourth-order valence-electron chi connectivity index (χ4n) is 4.45. The van der Waals surface area contributed by atoms with Gasteiger partial charge < -0.3 is 24.6 Å². The summed E-state index contributed by atoms with van der Waals surface area (Å²) in [5.74, 6) is -0.998. The molecule has 0 aliphatic rings. The normalized spacial score (nSPS) is 14.9. The van der Waals surface area contributed by atoms with Gasteiger partial charge >= 0.3 is 19.8 Å². The van der Waals surface area contributed by atoms with Gasteiger partial charge in [0.1, 0.15) is 12.7 Å². The topological polar surface area (TPSA) is 149 Å². The van der Waals surface area contributed by atoms with Crippen molar-refractivity contribution in [3.8, 4) is 0 Å². The monoisotopic (exact) mass is 750 g/mol. The minimum atomic E-state index is -4.63. The highest BCUT2D eigenvalue weighted by atomic mass is 31.2. The first-order chi connectivity index (χ1) is 25.2. The van der Waals surface area contributed by atoms with Crippen LogP contribution in [0.5, 0.6) is 0 Å². The molecule has 0 aliphatic carbocycles. The molecular weight excluding hydrogens is 683 g/mol. The van der Waals surface area contributed by atoms with Crippen molar-refractivity contribution in [2.24, 2.45) is 0 Å². The number of ether oxygens (including phenoxy) is 2. The summed E-state index contributed by atoms with van der Waals surface area (Å²) in [6.07, 6.45) is 41.3. The predicted octanol–water partition coefficient (Wildman–Crippen LogP) is 9.49. The maximum atomic E-state index is 12.5. The summed E-state index contributed by atoms with van der Waals surface area (Å²) in [4.78, 5) is 34.8. The van der Waals surface area contributed by atoms with E-state index in [1.54, 1.807) is 0 Å². The van der Waals surface area contributed by atoms with E-state index in [1.807, 2.05) is 24.3 Å². The third-order valence-electron chi connectivity index (χ3n) is 7.36. The van der Waals surface area contributed by atoms with E-state index in [9.17, 15) is 24.2 Å². The van der Waals surface area contributed by atoms with Gasteiger partial charge in [0.25, 0.3) is 0 Å². The number of phosphoric acid groups is 1. The summed E-state index contributed by atoms with van der Waals surface area (Å²) in [7, 11) is -4.63. The quantitative estimate of drug-likeness (QED) is 0.0191. The van der Waals surface area contributed by atoms with Crippen LogP contribution in [0.1, 0.15) is 123 Å². The Kier molecular flexibility index (Phi) is 34.5. The van der Waals surface area contributed by atoms with Crippen LogP contribution in [0.25, 0.3) is 0 Å². The number of esters is 2. The first kappa shape index (κ1) is 49.1. The van der Waals surface area contributed by atoms with Gasteiger partial charge in [-0.05, 0) is 70.6 Å². The molecule has 10 nitrogen and oxygen atoms in total. The van der Waals surface area contributed by atoms with E-state index in [0.29, 0.717) is 12.8 Å². The fraction of sp³-hybridized carbons (Fsp3) is 0.610. The number of aliphatic hydroxyl groups excluding tert-OH is 2. The summed E-state index contributed by atoms with van der Waals surface area (Å²) in [5, 5.41) is 18.3. The van der Waals surface area contributed by atoms with Crippen molar-refractivity contribution >= 4 is 19.8 Å². The Morgan fingerprint density at radius 3 is 1.73 bits per heavy atom. The van der Waals surface area contributed by atoms with Gasteiger partial charge in [-0.1, -0.05) is 125 Å². The average Bonchev–Trinajstić information content (AvgIpc) is 3.13. The van der Waals surface area contributed by atoms with Crippen LogP contribution in [0.15, 0.2) is 85.1 Å². The van der Waals surface area contributed by atoms with Gasteiger partial charge in [-0.25, -0.2) is 4.57 Å². The molecular formula is C41H67O10P. The largest absolute Gasteiger partial charge is 0.472 e. The molecule has 3 N–H and O–H groups in total. The average molecular weight is 751 g/mol. The third-order valence-corrected chi connectivity index (χ3v) is 8.31. The summed E-state index contributed by atoms with van der Waals surface area (Å²) < 4.78 is 32.5. The molecule has 0 saturated carbocycles. The Morgan fingerprint density at radius 1 is 0.596 bits per heavy atom. The molecule has 0 fully saturated rings. The fourth-order valence-corrected chi connectivity index (χ4v) is 5.24. The van der Waals surface area contributed by atoms with Gasteiger partial charge in [0, 0.05) is 12.8 Å². The van der Waals surface area contributed by atoms with Gasteiger partial charge in [-0.3, -0.25) is 18.6 Å². The van der Waals surface area contributed by atoms with E-state index < -0.39 is 51.8 Å². The van der Waals surface area contributed by atoms with Crippen molar-refractivity contribution in [1.82, 2.24) is 0 Å². The molecule has 296 valence electrons. The number of allylic oxidation sites excluding steroid dienone is 14. The second-order valence-electron chi connectivity index (χ2n) is 12.2. The van der Waals surface area contributed by atoms with Crippen LogP contribution < -0.4 is 0 Å². The van der Waals surface area contributed by atoms with Crippen molar-refractivity contribution in [3.05, 3.63) is 85.1 Å². The van der Waals surface area contributed by atoms with Crippen LogP contribution in [0, 0.1) is 0 Å². The smallest absolute Gasteiger partial charge is 0.462 e. The molecule has 52 heavy (non-hydrogen) atoms. The zero-order valence-electron chi connectivity index (χ0n) is 31.7. The minimum Gasteiger partial charge on any atom is -0.462 e. The molecule has 0 heterocycles. The molecule has 0 spiro atoms. The van der Waals surface area contributed by atoms with Crippen molar-refractivity contribution in [1.29, 1.82) is 0 Å². The van der Waals surface area contributed by atoms with Crippen molar-refractivity contribution in [3.63, 3.8) is 0 Å². The van der Waals surface area contributed by atoms with E-state index in [1.165, 1.54) is 0 Å². The number of carbonyl (C=O) groups is 2. The molecule has 0 amide bonds. The summed E-state index contributed by atoms with van der Waals surface area (Å²) in [6.45, 7) is 2.03. The number of carbonyl (C=O) groups excluding carboxylic acids is 2. The predicted molar refractivity (Wildman–Crippen MR) is 209 cm³/mol. The van der Waals surface area contributed by atoms with Gasteiger partial charge in [0.05, 0.1) is 19.8 Å². The number of aliphatic hydroxyl groups is 2. The Morgan fingerprint density at radius 2 is 1.10 bits per heavy atom. The number of rotatable bonds is 34. The summed E-state index contributed by atoms with van der Waals surface area (Å²) in [6, 6.07) is 0. The van der Waals surface area contributed by atoms with Crippen LogP contribution in [-0.2, 0) is 32.7 Å². The van der Waals surface area contributed by atoms with Crippen molar-refractivity contribution in [2.45, 2.75) is 135 Å². The molecule has 0 aromatic carbocycles. The molecule has 0 saturated heterocycles. The Bertz CT molecular complexity index is 1140. The van der Waals surface area contributed by atoms with Crippen LogP contribution >= 0.6 is 7.82 Å². The van der Waals surface area contributed by atoms with E-state index in [2.05, 4.69) is 79.1 Å². The molecule has 0 aliphatic heterocycles. The number of hydrogen-bond donors (Lipinski definition) is 3. The van der Waals surface area contributed by atoms with Crippen LogP contribution in [0.2, 0.25) is 0 Å². The lowest BCUT2D eigenvalue weighted by molar-refractivity contribution is -0.161. The zero-order chi connectivity index (χ0) is 38.4. The highest BCUT2D eigenvalue weighted by Gasteiger charge is 2.27. The second-order valence-corrected chi connectivity index (χ2v) is 13.7. The highest BCUT2D eigenvalue weighted by Crippen LogP contribution is 2.43. The Labute approximate surface area is 313 Å². The maximum Gasteiger partial charge on any atom is 0.472 e. The van der Waals surface area contributed by atoms with E-state index >= 15 is 0 Å². The standard InChI is InChI=1S/C41H67O10P/c1-3-5-7-9-11-13-15-17-18-19-21-22-24-26-28-30-32-40(44)48-36-39(37-50-52(46,47)49-35-38(43)34-42)51-41(45)33-31-29-27-25-23-20-16-14-12-10-8-6-4-2/h5-8,10-14,16-18,21-22,38-39,42-43H,3-4,9,15,19-20,23-37H2,1-2H3,(H,46,47)/b7-5+,8-6+,12-10+,13-11+,16-14+,18-17+,22-21+/t38-,39?/m0/s1. The molecule has 0 bridgehead atoms. The molecule has 2 unspecified atom stereocenters. The molecule has 0 rings (SSSR count). The maximum absolute atomic E-state index is 12.5. The van der Waals surface area contributed by atoms with Crippen LogP contribution in [-0.4, -0.2) is 65.7 Å². The summed E-state index contributed by atoms with van der Waals surface area (Å²) in [5.41, 5.74) is 0. The number of unbranched alkanes of at least 4 members (excludes halogenated alkanes) is 8. The summed E-state index contributed by atoms with van der Waals surface area (Å²) >= 11 is 0. The Balaban J connectivity index is 4.47. The van der Waals surface area contributed by atoms with Crippen molar-refractivity contribution < 1.29 is 47.8 Å². The number of phosphoric ester groups is 1. The van der Waals surface area contributed by atoms with E-state index in [4.69, 9.17) is 19.1 Å². The van der Waals surface area contributed by atoms with Crippen LogP contribution in [0.3, 0.4) is 0 Å². The molecule has 11 heteroatoms. The lowest BCUT2D eigenvalue weighted by Crippen LogP contribution is -2.29. The zero-order valence-corrected chi connectivity index (χ0v) is 32.6. The first-order valence-electron chi connectivity index (χ1n) is 19.1. The van der Waals surface area contributed by atoms with Crippen LogP contribution in [0.4, 0.5) is 0 Å². The van der Waals surface area contributed by atoms with Crippen molar-refractivity contribution in [2.75, 3.05) is 26.4 Å². The molecule has 0 aromatic rings. The molecule has 0 radical (unpaired) electrons. The lowest BCUT2D eigenvalue weighted by atomic mass is 10.1. The second kappa shape index (κ2) is 36.5. The molecule has 3 atom stereocenters. The van der Waals surface area contributed by atoms with E-state index in [-0.39, 0.29) is 19.4 Å². The van der Waals surface area contributed by atoms with E-state index in [0.717, 1.165) is 83.5 Å². The first-order valence-corrected chi connectivity index (χ1v) is 20.6. The highest BCUT2D eigenvalue weighted by molar-refractivity contribution is 7.47. The van der Waals surface area contributed by atoms with Gasteiger partial charge in [0.15, 0.2) is 6.10 Å². The Hall–Kier alpha value is -2.85. The van der Waals surface area contributed by atoms with Gasteiger partial charge in [0.2, 0.25) is 0 Å². The third kappa shape index (κ3) is 35.5. The molecule has 0 aromatic heterocycles. The lowest BCUT2D eigenvalue weighted by Gasteiger charge is -2.20.